The molecule has 0 aliphatic rings. The first-order valence-electron chi connectivity index (χ1n) is 7.21. The number of benzene rings is 2. The topological polar surface area (TPSA) is 20.2 Å². The molecule has 1 nitrogen and oxygen atoms in total. The lowest BCUT2D eigenvalue weighted by Gasteiger charge is -2.15. The molecular weight excluding hydrogens is 244 g/mol. The zero-order valence-corrected chi connectivity index (χ0v) is 11.9. The van der Waals surface area contributed by atoms with Crippen LogP contribution < -0.4 is 0 Å². The van der Waals surface area contributed by atoms with Crippen LogP contribution in [-0.2, 0) is 6.42 Å². The zero-order chi connectivity index (χ0) is 14.2. The van der Waals surface area contributed by atoms with E-state index in [1.165, 1.54) is 5.56 Å². The lowest BCUT2D eigenvalue weighted by atomic mass is 9.96. The van der Waals surface area contributed by atoms with Crippen molar-refractivity contribution in [2.75, 3.05) is 0 Å². The lowest BCUT2D eigenvalue weighted by Crippen LogP contribution is -2.06. The highest BCUT2D eigenvalue weighted by molar-refractivity contribution is 5.19. The first kappa shape index (κ1) is 14.5. The fraction of sp³-hybridized carbons (Fsp3) is 0.263. The lowest BCUT2D eigenvalue weighted by molar-refractivity contribution is 0.139. The second-order valence-electron chi connectivity index (χ2n) is 5.17. The fourth-order valence-corrected chi connectivity index (χ4v) is 2.26. The summed E-state index contributed by atoms with van der Waals surface area (Å²) in [6, 6.07) is 20.3. The Morgan fingerprint density at radius 1 is 0.950 bits per heavy atom. The van der Waals surface area contributed by atoms with E-state index in [0.29, 0.717) is 0 Å². The van der Waals surface area contributed by atoms with E-state index < -0.39 is 6.10 Å². The van der Waals surface area contributed by atoms with Crippen molar-refractivity contribution >= 4 is 0 Å². The predicted octanol–water partition coefficient (Wildman–Crippen LogP) is 4.55. The molecule has 0 unspecified atom stereocenters. The number of aliphatic hydroxyl groups is 1. The van der Waals surface area contributed by atoms with E-state index in [1.54, 1.807) is 0 Å². The van der Waals surface area contributed by atoms with E-state index in [-0.39, 0.29) is 5.92 Å². The van der Waals surface area contributed by atoms with Gasteiger partial charge in [-0.05, 0) is 24.0 Å². The van der Waals surface area contributed by atoms with Crippen LogP contribution in [0.25, 0.3) is 0 Å². The molecule has 0 saturated heterocycles. The molecule has 20 heavy (non-hydrogen) atoms. The Morgan fingerprint density at radius 3 is 2.20 bits per heavy atom. The van der Waals surface area contributed by atoms with E-state index in [4.69, 9.17) is 0 Å². The van der Waals surface area contributed by atoms with E-state index in [9.17, 15) is 5.11 Å². The molecular formula is C19H22O. The van der Waals surface area contributed by atoms with Gasteiger partial charge in [-0.3, -0.25) is 0 Å². The summed E-state index contributed by atoms with van der Waals surface area (Å²) in [6.07, 6.45) is 5.91. The van der Waals surface area contributed by atoms with Crippen LogP contribution in [0.1, 0.15) is 30.6 Å². The van der Waals surface area contributed by atoms with Gasteiger partial charge in [-0.1, -0.05) is 79.7 Å². The summed E-state index contributed by atoms with van der Waals surface area (Å²) >= 11 is 0. The Labute approximate surface area is 121 Å². The Hall–Kier alpha value is -1.86. The van der Waals surface area contributed by atoms with Gasteiger partial charge in [0, 0.05) is 5.92 Å². The minimum absolute atomic E-state index is 0.133. The van der Waals surface area contributed by atoms with Gasteiger partial charge >= 0.3 is 0 Å². The second-order valence-corrected chi connectivity index (χ2v) is 5.17. The third-order valence-electron chi connectivity index (χ3n) is 3.52. The predicted molar refractivity (Wildman–Crippen MR) is 84.5 cm³/mol. The van der Waals surface area contributed by atoms with Crippen molar-refractivity contribution in [3.8, 4) is 0 Å². The van der Waals surface area contributed by atoms with Crippen LogP contribution in [0.2, 0.25) is 0 Å². The van der Waals surface area contributed by atoms with Crippen molar-refractivity contribution in [3.63, 3.8) is 0 Å². The minimum atomic E-state index is -0.427. The van der Waals surface area contributed by atoms with Crippen LogP contribution in [0.5, 0.6) is 0 Å². The maximum absolute atomic E-state index is 10.3. The molecule has 2 atom stereocenters. The average molecular weight is 266 g/mol. The van der Waals surface area contributed by atoms with Crippen LogP contribution in [-0.4, -0.2) is 5.11 Å². The number of allylic oxidation sites excluding steroid dienone is 1. The van der Waals surface area contributed by atoms with Gasteiger partial charge in [0.05, 0.1) is 6.10 Å². The Kier molecular flexibility index (Phi) is 5.57. The van der Waals surface area contributed by atoms with E-state index in [0.717, 1.165) is 18.4 Å². The third-order valence-corrected chi connectivity index (χ3v) is 3.52. The average Bonchev–Trinajstić information content (AvgIpc) is 2.52. The smallest absolute Gasteiger partial charge is 0.0849 e. The van der Waals surface area contributed by atoms with Gasteiger partial charge in [0.2, 0.25) is 0 Å². The SMILES string of the molecule is C[C@H](/C=C\CCc1ccccc1)[C@@H](O)c1ccccc1. The van der Waals surface area contributed by atoms with Crippen molar-refractivity contribution in [3.05, 3.63) is 83.9 Å². The van der Waals surface area contributed by atoms with Crippen LogP contribution in [0.4, 0.5) is 0 Å². The molecule has 0 amide bonds. The maximum atomic E-state index is 10.3. The van der Waals surface area contributed by atoms with Gasteiger partial charge in [-0.25, -0.2) is 0 Å². The third kappa shape index (κ3) is 4.36. The van der Waals surface area contributed by atoms with E-state index >= 15 is 0 Å². The zero-order valence-electron chi connectivity index (χ0n) is 11.9. The fourth-order valence-electron chi connectivity index (χ4n) is 2.26. The van der Waals surface area contributed by atoms with Crippen molar-refractivity contribution in [1.29, 1.82) is 0 Å². The highest BCUT2D eigenvalue weighted by Gasteiger charge is 2.12. The summed E-state index contributed by atoms with van der Waals surface area (Å²) < 4.78 is 0. The Morgan fingerprint density at radius 2 is 1.55 bits per heavy atom. The normalized spacial score (nSPS) is 14.3. The largest absolute Gasteiger partial charge is 0.388 e. The van der Waals surface area contributed by atoms with Gasteiger partial charge in [-0.15, -0.1) is 0 Å². The molecule has 2 rings (SSSR count). The van der Waals surface area contributed by atoms with Crippen molar-refractivity contribution in [1.82, 2.24) is 0 Å². The Bertz CT molecular complexity index is 516. The molecule has 104 valence electrons. The number of rotatable bonds is 6. The molecule has 2 aromatic rings. The second kappa shape index (κ2) is 7.66. The van der Waals surface area contributed by atoms with Crippen LogP contribution in [0.3, 0.4) is 0 Å². The molecule has 0 heterocycles. The molecule has 1 heteroatoms. The highest BCUT2D eigenvalue weighted by Crippen LogP contribution is 2.22. The molecule has 0 bridgehead atoms. The standard InChI is InChI=1S/C19H22O/c1-16(19(20)18-14-6-3-7-15-18)10-8-9-13-17-11-4-2-5-12-17/h2-8,10-12,14-16,19-20H,9,13H2,1H3/b10-8-/t16-,19-/m1/s1. The number of hydrogen-bond acceptors (Lipinski definition) is 1. The summed E-state index contributed by atoms with van der Waals surface area (Å²) in [5, 5.41) is 10.3. The first-order chi connectivity index (χ1) is 9.77. The summed E-state index contributed by atoms with van der Waals surface area (Å²) in [5.74, 6) is 0.133. The summed E-state index contributed by atoms with van der Waals surface area (Å²) in [7, 11) is 0. The molecule has 2 aromatic carbocycles. The quantitative estimate of drug-likeness (QED) is 0.761. The molecule has 1 N–H and O–H groups in total. The maximum Gasteiger partial charge on any atom is 0.0849 e. The molecule has 0 saturated carbocycles. The summed E-state index contributed by atoms with van der Waals surface area (Å²) in [6.45, 7) is 2.05. The van der Waals surface area contributed by atoms with E-state index in [1.807, 2.05) is 36.4 Å². The van der Waals surface area contributed by atoms with Crippen molar-refractivity contribution < 1.29 is 5.11 Å². The van der Waals surface area contributed by atoms with Gasteiger partial charge < -0.3 is 5.11 Å². The Balaban J connectivity index is 1.82. The molecule has 0 aromatic heterocycles. The number of aliphatic hydroxyl groups excluding tert-OH is 1. The molecule has 0 spiro atoms. The van der Waals surface area contributed by atoms with Crippen LogP contribution in [0.15, 0.2) is 72.8 Å². The van der Waals surface area contributed by atoms with Gasteiger partial charge in [0.1, 0.15) is 0 Å². The number of aryl methyl sites for hydroxylation is 1. The van der Waals surface area contributed by atoms with Crippen LogP contribution >= 0.6 is 0 Å². The van der Waals surface area contributed by atoms with Crippen molar-refractivity contribution in [2.45, 2.75) is 25.9 Å². The van der Waals surface area contributed by atoms with Crippen molar-refractivity contribution in [2.24, 2.45) is 5.92 Å². The molecule has 0 radical (unpaired) electrons. The highest BCUT2D eigenvalue weighted by atomic mass is 16.3. The minimum Gasteiger partial charge on any atom is -0.388 e. The molecule has 0 fully saturated rings. The molecule has 0 aliphatic carbocycles. The first-order valence-corrected chi connectivity index (χ1v) is 7.21. The monoisotopic (exact) mass is 266 g/mol. The number of hydrogen-bond donors (Lipinski definition) is 1. The van der Waals surface area contributed by atoms with Crippen LogP contribution in [0, 0.1) is 5.92 Å². The molecule has 0 aliphatic heterocycles. The van der Waals surface area contributed by atoms with E-state index in [2.05, 4.69) is 43.3 Å². The van der Waals surface area contributed by atoms with Gasteiger partial charge in [0.25, 0.3) is 0 Å². The summed E-state index contributed by atoms with van der Waals surface area (Å²) in [4.78, 5) is 0. The van der Waals surface area contributed by atoms with Gasteiger partial charge in [-0.2, -0.15) is 0 Å². The van der Waals surface area contributed by atoms with Gasteiger partial charge in [0.15, 0.2) is 0 Å². The summed E-state index contributed by atoms with van der Waals surface area (Å²) in [5.41, 5.74) is 2.33.